The molecule has 0 atom stereocenters. The average molecular weight is 158 g/mol. The summed E-state index contributed by atoms with van der Waals surface area (Å²) < 4.78 is 0. The molecule has 64 valence electrons. The molecule has 5 heteroatoms. The van der Waals surface area contributed by atoms with Crippen LogP contribution in [0.2, 0.25) is 0 Å². The summed E-state index contributed by atoms with van der Waals surface area (Å²) >= 11 is 0. The summed E-state index contributed by atoms with van der Waals surface area (Å²) in [7, 11) is 0. The lowest BCUT2D eigenvalue weighted by Crippen LogP contribution is -2.35. The lowest BCUT2D eigenvalue weighted by atomic mass is 10.1. The zero-order valence-electron chi connectivity index (χ0n) is 6.78. The number of aromatic amines is 1. The second kappa shape index (κ2) is 4.81. The number of nitrogens with two attached hydrogens (primary N) is 1. The minimum Gasteiger partial charge on any atom is -0.394 e. The van der Waals surface area contributed by atoms with Crippen LogP contribution in [-0.2, 0) is 0 Å². The highest BCUT2D eigenvalue weighted by molar-refractivity contribution is 4.67. The normalized spacial score (nSPS) is 10.2. The van der Waals surface area contributed by atoms with Crippen LogP contribution in [0, 0.1) is 0 Å². The van der Waals surface area contributed by atoms with E-state index in [4.69, 9.17) is 10.8 Å². The van der Waals surface area contributed by atoms with Crippen LogP contribution in [0.3, 0.4) is 0 Å². The molecular weight excluding hydrogens is 144 g/mol. The molecule has 0 aromatic carbocycles. The van der Waals surface area contributed by atoms with E-state index in [-0.39, 0.29) is 6.61 Å². The number of rotatable bonds is 1. The van der Waals surface area contributed by atoms with E-state index in [1.807, 2.05) is 0 Å². The lowest BCUT2D eigenvalue weighted by molar-refractivity contribution is 0.221. The fraction of sp³-hybridized carbons (Fsp3) is 0.667. The van der Waals surface area contributed by atoms with Gasteiger partial charge in [0.2, 0.25) is 0 Å². The van der Waals surface area contributed by atoms with Crippen molar-refractivity contribution in [3.8, 4) is 0 Å². The van der Waals surface area contributed by atoms with Crippen LogP contribution in [0.1, 0.15) is 13.8 Å². The smallest absolute Gasteiger partial charge is 0.137 e. The molecule has 11 heavy (non-hydrogen) atoms. The first kappa shape index (κ1) is 10.1. The van der Waals surface area contributed by atoms with Gasteiger partial charge in [-0.25, -0.2) is 4.98 Å². The molecule has 1 rings (SSSR count). The highest BCUT2D eigenvalue weighted by atomic mass is 16.3. The Bertz CT molecular complexity index is 138. The highest BCUT2D eigenvalue weighted by Gasteiger charge is 2.05. The van der Waals surface area contributed by atoms with Gasteiger partial charge in [0.05, 0.1) is 6.61 Å². The third-order valence-electron chi connectivity index (χ3n) is 0.739. The first-order chi connectivity index (χ1) is 5.06. The van der Waals surface area contributed by atoms with Gasteiger partial charge in [-0.3, -0.25) is 5.10 Å². The monoisotopic (exact) mass is 158 g/mol. The van der Waals surface area contributed by atoms with Gasteiger partial charge in [0, 0.05) is 5.54 Å². The molecule has 0 bridgehead atoms. The maximum absolute atomic E-state index is 8.28. The summed E-state index contributed by atoms with van der Waals surface area (Å²) in [4.78, 5) is 3.56. The number of H-pyrrole nitrogens is 1. The first-order valence-corrected chi connectivity index (χ1v) is 3.25. The fourth-order valence-corrected chi connectivity index (χ4v) is 0.167. The van der Waals surface area contributed by atoms with Gasteiger partial charge in [0.1, 0.15) is 12.7 Å². The quantitative estimate of drug-likeness (QED) is 0.515. The van der Waals surface area contributed by atoms with E-state index in [9.17, 15) is 0 Å². The number of aliphatic hydroxyl groups excluding tert-OH is 1. The van der Waals surface area contributed by atoms with Crippen molar-refractivity contribution in [2.75, 3.05) is 6.61 Å². The van der Waals surface area contributed by atoms with Crippen molar-refractivity contribution in [3.63, 3.8) is 0 Å². The van der Waals surface area contributed by atoms with Crippen molar-refractivity contribution < 1.29 is 5.11 Å². The van der Waals surface area contributed by atoms with Crippen LogP contribution >= 0.6 is 0 Å². The van der Waals surface area contributed by atoms with Crippen LogP contribution in [0.5, 0.6) is 0 Å². The number of aromatic nitrogens is 3. The molecule has 0 unspecified atom stereocenters. The fourth-order valence-electron chi connectivity index (χ4n) is 0.167. The molecule has 0 fully saturated rings. The topological polar surface area (TPSA) is 87.8 Å². The minimum absolute atomic E-state index is 0.0486. The van der Waals surface area contributed by atoms with Gasteiger partial charge < -0.3 is 10.8 Å². The Kier molecular flexibility index (Phi) is 4.40. The van der Waals surface area contributed by atoms with Crippen LogP contribution in [0.25, 0.3) is 0 Å². The van der Waals surface area contributed by atoms with Crippen molar-refractivity contribution in [1.29, 1.82) is 0 Å². The van der Waals surface area contributed by atoms with Crippen LogP contribution in [-0.4, -0.2) is 32.4 Å². The Labute approximate surface area is 65.6 Å². The summed E-state index contributed by atoms with van der Waals surface area (Å²) in [5.41, 5.74) is 4.88. The van der Waals surface area contributed by atoms with Gasteiger partial charge >= 0.3 is 0 Å². The molecule has 0 aliphatic rings. The summed E-state index contributed by atoms with van der Waals surface area (Å²) in [6.07, 6.45) is 2.96. The summed E-state index contributed by atoms with van der Waals surface area (Å²) in [6.45, 7) is 3.59. The third-order valence-corrected chi connectivity index (χ3v) is 0.739. The summed E-state index contributed by atoms with van der Waals surface area (Å²) in [6, 6.07) is 0. The first-order valence-electron chi connectivity index (χ1n) is 3.25. The Morgan fingerprint density at radius 1 is 1.64 bits per heavy atom. The zero-order valence-corrected chi connectivity index (χ0v) is 6.78. The van der Waals surface area contributed by atoms with E-state index in [0.717, 1.165) is 0 Å². The van der Waals surface area contributed by atoms with E-state index >= 15 is 0 Å². The average Bonchev–Trinajstić information content (AvgIpc) is 2.41. The highest BCUT2D eigenvalue weighted by Crippen LogP contribution is 1.89. The molecule has 5 nitrogen and oxygen atoms in total. The van der Waals surface area contributed by atoms with Gasteiger partial charge in [-0.05, 0) is 13.8 Å². The SMILES string of the molecule is CC(C)(N)CO.c1nc[nH]n1. The molecule has 0 radical (unpaired) electrons. The van der Waals surface area contributed by atoms with Crippen molar-refractivity contribution in [3.05, 3.63) is 12.7 Å². The lowest BCUT2D eigenvalue weighted by Gasteiger charge is -2.12. The third kappa shape index (κ3) is 9.06. The Balaban J connectivity index is 0.000000183. The number of nitrogens with one attached hydrogen (secondary N) is 1. The van der Waals surface area contributed by atoms with E-state index in [0.29, 0.717) is 0 Å². The maximum atomic E-state index is 8.28. The predicted octanol–water partition coefficient (Wildman–Crippen LogP) is -0.479. The van der Waals surface area contributed by atoms with Crippen molar-refractivity contribution in [2.24, 2.45) is 5.73 Å². The van der Waals surface area contributed by atoms with E-state index in [2.05, 4.69) is 15.2 Å². The second-order valence-corrected chi connectivity index (χ2v) is 2.80. The molecule has 0 spiro atoms. The molecule has 1 aromatic heterocycles. The van der Waals surface area contributed by atoms with Crippen LogP contribution < -0.4 is 5.73 Å². The van der Waals surface area contributed by atoms with Gasteiger partial charge in [0.25, 0.3) is 0 Å². The zero-order chi connectivity index (χ0) is 8.74. The molecule has 0 aliphatic carbocycles. The van der Waals surface area contributed by atoms with E-state index < -0.39 is 5.54 Å². The molecule has 0 saturated carbocycles. The molecule has 4 N–H and O–H groups in total. The predicted molar refractivity (Wildman–Crippen MR) is 41.7 cm³/mol. The molecule has 1 aromatic rings. The van der Waals surface area contributed by atoms with E-state index in [1.54, 1.807) is 13.8 Å². The standard InChI is InChI=1S/C4H11NO.C2H3N3/c1-4(2,5)3-6;1-3-2-5-4-1/h6H,3,5H2,1-2H3;1-2H,(H,3,4,5). The van der Waals surface area contributed by atoms with Crippen molar-refractivity contribution >= 4 is 0 Å². The van der Waals surface area contributed by atoms with Crippen molar-refractivity contribution in [1.82, 2.24) is 15.2 Å². The maximum Gasteiger partial charge on any atom is 0.137 e. The molecule has 0 aliphatic heterocycles. The number of nitrogens with zero attached hydrogens (tertiary/aromatic N) is 2. The summed E-state index contributed by atoms with van der Waals surface area (Å²) in [5.74, 6) is 0. The largest absolute Gasteiger partial charge is 0.394 e. The number of hydrogen-bond acceptors (Lipinski definition) is 4. The second-order valence-electron chi connectivity index (χ2n) is 2.80. The van der Waals surface area contributed by atoms with Gasteiger partial charge in [-0.15, -0.1) is 0 Å². The minimum atomic E-state index is -0.403. The molecule has 0 saturated heterocycles. The Morgan fingerprint density at radius 3 is 2.27 bits per heavy atom. The Hall–Kier alpha value is -0.940. The van der Waals surface area contributed by atoms with E-state index in [1.165, 1.54) is 12.7 Å². The van der Waals surface area contributed by atoms with Crippen LogP contribution in [0.4, 0.5) is 0 Å². The number of hydrogen-bond donors (Lipinski definition) is 3. The van der Waals surface area contributed by atoms with Crippen molar-refractivity contribution in [2.45, 2.75) is 19.4 Å². The Morgan fingerprint density at radius 2 is 2.18 bits per heavy atom. The number of aliphatic hydroxyl groups is 1. The molecular formula is C6H14N4O. The van der Waals surface area contributed by atoms with Gasteiger partial charge in [-0.2, -0.15) is 5.10 Å². The molecule has 1 heterocycles. The van der Waals surface area contributed by atoms with Crippen LogP contribution in [0.15, 0.2) is 12.7 Å². The molecule has 0 amide bonds. The van der Waals surface area contributed by atoms with Gasteiger partial charge in [-0.1, -0.05) is 0 Å². The van der Waals surface area contributed by atoms with Gasteiger partial charge in [0.15, 0.2) is 0 Å². The summed E-state index contributed by atoms with van der Waals surface area (Å²) in [5, 5.41) is 14.3.